The van der Waals surface area contributed by atoms with Crippen LogP contribution in [-0.4, -0.2) is 50.7 Å². The zero-order chi connectivity index (χ0) is 26.7. The lowest BCUT2D eigenvalue weighted by atomic mass is 10.00. The molecule has 38 heavy (non-hydrogen) atoms. The Balaban J connectivity index is 1.30. The van der Waals surface area contributed by atoms with Crippen LogP contribution in [0.5, 0.6) is 0 Å². The summed E-state index contributed by atoms with van der Waals surface area (Å²) in [6, 6.07) is 14.3. The summed E-state index contributed by atoms with van der Waals surface area (Å²) in [6.07, 6.45) is -3.08. The van der Waals surface area contributed by atoms with E-state index in [1.807, 2.05) is 0 Å². The third kappa shape index (κ3) is 5.46. The number of carbonyl (C=O) groups is 1. The second-order valence-corrected chi connectivity index (χ2v) is 8.89. The molecule has 5 rings (SSSR count). The van der Waals surface area contributed by atoms with E-state index in [0.29, 0.717) is 17.7 Å². The second kappa shape index (κ2) is 10.8. The molecule has 198 valence electrons. The number of halogens is 3. The lowest BCUT2D eigenvalue weighted by Gasteiger charge is -2.22. The first-order valence-electron chi connectivity index (χ1n) is 12.0. The highest BCUT2D eigenvalue weighted by Crippen LogP contribution is 2.38. The van der Waals surface area contributed by atoms with Crippen molar-refractivity contribution in [2.24, 2.45) is 5.92 Å². The highest BCUT2D eigenvalue weighted by atomic mass is 19.4. The van der Waals surface area contributed by atoms with E-state index in [1.54, 1.807) is 42.5 Å². The summed E-state index contributed by atoms with van der Waals surface area (Å²) in [7, 11) is 0. The fourth-order valence-corrected chi connectivity index (χ4v) is 4.28. The van der Waals surface area contributed by atoms with Crippen molar-refractivity contribution < 1.29 is 32.3 Å². The summed E-state index contributed by atoms with van der Waals surface area (Å²) in [5, 5.41) is 21.3. The molecule has 2 aromatic heterocycles. The molecule has 0 bridgehead atoms. The van der Waals surface area contributed by atoms with Gasteiger partial charge in [0.1, 0.15) is 12.7 Å². The van der Waals surface area contributed by atoms with E-state index >= 15 is 0 Å². The Morgan fingerprint density at radius 1 is 1.18 bits per heavy atom. The van der Waals surface area contributed by atoms with Gasteiger partial charge in [0, 0.05) is 12.1 Å². The lowest BCUT2D eigenvalue weighted by Crippen LogP contribution is -2.35. The van der Waals surface area contributed by atoms with E-state index in [9.17, 15) is 23.1 Å². The summed E-state index contributed by atoms with van der Waals surface area (Å²) in [5.41, 5.74) is -0.181. The molecule has 9 nitrogen and oxygen atoms in total. The Hall–Kier alpha value is -4.03. The minimum absolute atomic E-state index is 0.0675. The number of para-hydroxylation sites is 1. The van der Waals surface area contributed by atoms with Gasteiger partial charge in [-0.25, -0.2) is 4.68 Å². The van der Waals surface area contributed by atoms with Gasteiger partial charge >= 0.3 is 12.1 Å². The van der Waals surface area contributed by atoms with Gasteiger partial charge in [0.2, 0.25) is 5.82 Å². The number of benzene rings is 2. The maximum Gasteiger partial charge on any atom is 0.434 e. The van der Waals surface area contributed by atoms with Gasteiger partial charge in [-0.1, -0.05) is 47.6 Å². The van der Waals surface area contributed by atoms with Crippen molar-refractivity contribution in [2.75, 3.05) is 19.7 Å². The smallest absolute Gasteiger partial charge is 0.434 e. The molecule has 1 unspecified atom stereocenters. The van der Waals surface area contributed by atoms with E-state index in [2.05, 4.69) is 20.6 Å². The van der Waals surface area contributed by atoms with Crippen LogP contribution in [0.4, 0.5) is 13.2 Å². The molecule has 4 aromatic rings. The predicted molar refractivity (Wildman–Crippen MR) is 129 cm³/mol. The summed E-state index contributed by atoms with van der Waals surface area (Å²) in [6.45, 7) is 1.25. The van der Waals surface area contributed by atoms with Gasteiger partial charge in [-0.05, 0) is 37.1 Å². The van der Waals surface area contributed by atoms with Gasteiger partial charge in [-0.3, -0.25) is 4.79 Å². The van der Waals surface area contributed by atoms with E-state index in [4.69, 9.17) is 9.26 Å². The van der Waals surface area contributed by atoms with Crippen LogP contribution in [0.1, 0.15) is 30.2 Å². The molecular formula is C26H24F3N5O4. The Bertz CT molecular complexity index is 1380. The Kier molecular flexibility index (Phi) is 7.25. The van der Waals surface area contributed by atoms with Crippen LogP contribution in [0.2, 0.25) is 0 Å². The maximum absolute atomic E-state index is 14.0. The molecular weight excluding hydrogens is 503 g/mol. The van der Waals surface area contributed by atoms with Crippen molar-refractivity contribution >= 4 is 5.97 Å². The monoisotopic (exact) mass is 527 g/mol. The first-order chi connectivity index (χ1) is 18.3. The predicted octanol–water partition coefficient (Wildman–Crippen LogP) is 4.18. The highest BCUT2D eigenvalue weighted by Gasteiger charge is 2.40. The fourth-order valence-electron chi connectivity index (χ4n) is 4.28. The molecule has 1 aliphatic heterocycles. The van der Waals surface area contributed by atoms with E-state index in [1.165, 1.54) is 12.1 Å². The summed E-state index contributed by atoms with van der Waals surface area (Å²) in [5.74, 6) is -0.829. The third-order valence-electron chi connectivity index (χ3n) is 6.26. The fraction of sp³-hybridized carbons (Fsp3) is 0.308. The number of hydrogen-bond donors (Lipinski definition) is 2. The SMILES string of the molecule is O=C(OC[C@@H](O)c1ccc(-c2noc(-c3cnn(-c4ccccc4)c3C(F)(F)F)n2)cc1)C1CCCNC1. The van der Waals surface area contributed by atoms with Gasteiger partial charge in [0.15, 0.2) is 5.69 Å². The summed E-state index contributed by atoms with van der Waals surface area (Å²) >= 11 is 0. The van der Waals surface area contributed by atoms with Crippen LogP contribution in [0.3, 0.4) is 0 Å². The average Bonchev–Trinajstić information content (AvgIpc) is 3.60. The van der Waals surface area contributed by atoms with E-state index < -0.39 is 18.0 Å². The number of hydrogen-bond acceptors (Lipinski definition) is 8. The van der Waals surface area contributed by atoms with Crippen molar-refractivity contribution in [1.82, 2.24) is 25.2 Å². The zero-order valence-electron chi connectivity index (χ0n) is 20.1. The molecule has 1 fully saturated rings. The quantitative estimate of drug-likeness (QED) is 0.344. The van der Waals surface area contributed by atoms with Gasteiger partial charge in [-0.2, -0.15) is 23.3 Å². The number of esters is 1. The molecule has 0 radical (unpaired) electrons. The molecule has 0 amide bonds. The van der Waals surface area contributed by atoms with Crippen LogP contribution in [0, 0.1) is 5.92 Å². The molecule has 0 spiro atoms. The van der Waals surface area contributed by atoms with Gasteiger partial charge in [-0.15, -0.1) is 0 Å². The number of nitrogens with zero attached hydrogens (tertiary/aromatic N) is 4. The first kappa shape index (κ1) is 25.6. The minimum atomic E-state index is -4.73. The summed E-state index contributed by atoms with van der Waals surface area (Å²) < 4.78 is 53.1. The number of piperidine rings is 1. The number of nitrogens with one attached hydrogen (secondary N) is 1. The molecule has 12 heteroatoms. The van der Waals surface area contributed by atoms with Crippen molar-refractivity contribution in [3.63, 3.8) is 0 Å². The van der Waals surface area contributed by atoms with Crippen LogP contribution in [0.15, 0.2) is 65.3 Å². The molecule has 1 saturated heterocycles. The van der Waals surface area contributed by atoms with Gasteiger partial charge in [0.25, 0.3) is 5.89 Å². The molecule has 1 aliphatic rings. The van der Waals surface area contributed by atoms with Crippen molar-refractivity contribution in [3.05, 3.63) is 72.1 Å². The largest absolute Gasteiger partial charge is 0.462 e. The van der Waals surface area contributed by atoms with Gasteiger partial charge in [0.05, 0.1) is 23.4 Å². The Morgan fingerprint density at radius 2 is 1.95 bits per heavy atom. The number of aliphatic hydroxyl groups is 1. The Morgan fingerprint density at radius 3 is 2.63 bits per heavy atom. The molecule has 3 heterocycles. The van der Waals surface area contributed by atoms with Gasteiger partial charge < -0.3 is 19.7 Å². The minimum Gasteiger partial charge on any atom is -0.462 e. The zero-order valence-corrected chi connectivity index (χ0v) is 20.1. The molecule has 2 aromatic carbocycles. The first-order valence-corrected chi connectivity index (χ1v) is 12.0. The standard InChI is InChI=1S/C26H24F3N5O4/c27-26(28,29)22-20(14-31-34(22)19-6-2-1-3-7-19)24-32-23(33-38-24)17-10-8-16(9-11-17)21(35)15-37-25(36)18-5-4-12-30-13-18/h1-3,6-11,14,18,21,30,35H,4-5,12-13,15H2/t18?,21-/m1/s1. The Labute approximate surface area is 215 Å². The van der Waals surface area contributed by atoms with Crippen molar-refractivity contribution in [3.8, 4) is 28.5 Å². The maximum atomic E-state index is 14.0. The molecule has 0 aliphatic carbocycles. The van der Waals surface area contributed by atoms with Crippen LogP contribution < -0.4 is 5.32 Å². The molecule has 0 saturated carbocycles. The van der Waals surface area contributed by atoms with Crippen LogP contribution in [0.25, 0.3) is 28.5 Å². The lowest BCUT2D eigenvalue weighted by molar-refractivity contribution is -0.152. The number of aliphatic hydroxyl groups excluding tert-OH is 1. The highest BCUT2D eigenvalue weighted by molar-refractivity contribution is 5.72. The normalized spacial score (nSPS) is 16.8. The second-order valence-electron chi connectivity index (χ2n) is 8.89. The number of aromatic nitrogens is 4. The van der Waals surface area contributed by atoms with Crippen LogP contribution >= 0.6 is 0 Å². The molecule has 2 atom stereocenters. The molecule has 2 N–H and O–H groups in total. The number of carbonyl (C=O) groups excluding carboxylic acids is 1. The number of alkyl halides is 3. The topological polar surface area (TPSA) is 115 Å². The van der Waals surface area contributed by atoms with E-state index in [0.717, 1.165) is 30.3 Å². The third-order valence-corrected chi connectivity index (χ3v) is 6.26. The van der Waals surface area contributed by atoms with E-state index in [-0.39, 0.29) is 41.5 Å². The average molecular weight is 528 g/mol. The number of rotatable bonds is 7. The number of ether oxygens (including phenoxy) is 1. The summed E-state index contributed by atoms with van der Waals surface area (Å²) in [4.78, 5) is 16.3. The van der Waals surface area contributed by atoms with Crippen molar-refractivity contribution in [2.45, 2.75) is 25.1 Å². The van der Waals surface area contributed by atoms with Crippen molar-refractivity contribution in [1.29, 1.82) is 0 Å². The van der Waals surface area contributed by atoms with Crippen LogP contribution in [-0.2, 0) is 15.7 Å².